The molecule has 0 radical (unpaired) electrons. The monoisotopic (exact) mass is 220 g/mol. The van der Waals surface area contributed by atoms with Gasteiger partial charge >= 0.3 is 0 Å². The van der Waals surface area contributed by atoms with Gasteiger partial charge in [-0.2, -0.15) is 0 Å². The molecule has 2 aliphatic rings. The van der Waals surface area contributed by atoms with Crippen LogP contribution in [0.2, 0.25) is 0 Å². The lowest BCUT2D eigenvalue weighted by Crippen LogP contribution is -2.08. The molecule has 0 spiro atoms. The van der Waals surface area contributed by atoms with Gasteiger partial charge in [0, 0.05) is 0 Å². The van der Waals surface area contributed by atoms with Crippen LogP contribution >= 0.6 is 0 Å². The first-order valence-corrected chi connectivity index (χ1v) is 6.65. The lowest BCUT2D eigenvalue weighted by molar-refractivity contribution is 0.317. The quantitative estimate of drug-likeness (QED) is 0.445. The van der Waals surface area contributed by atoms with Gasteiger partial charge in [0.2, 0.25) is 0 Å². The van der Waals surface area contributed by atoms with Gasteiger partial charge in [-0.1, -0.05) is 45.1 Å². The van der Waals surface area contributed by atoms with Crippen LogP contribution in [0.4, 0.5) is 0 Å². The number of hydrogen-bond acceptors (Lipinski definition) is 1. The fraction of sp³-hybridized carbons (Fsp3) is 0.733. The second kappa shape index (κ2) is 5.18. The highest BCUT2D eigenvalue weighted by Crippen LogP contribution is 2.36. The molecule has 2 rings (SSSR count). The molecule has 0 N–H and O–H groups in total. The maximum Gasteiger partial charge on any atom is 0.0870 e. The Morgan fingerprint density at radius 1 is 0.938 bits per heavy atom. The zero-order valence-corrected chi connectivity index (χ0v) is 10.7. The molecule has 1 heterocycles. The van der Waals surface area contributed by atoms with Crippen molar-refractivity contribution in [1.29, 1.82) is 0 Å². The normalized spacial score (nSPS) is 48.3. The van der Waals surface area contributed by atoms with E-state index in [1.165, 1.54) is 19.3 Å². The lowest BCUT2D eigenvalue weighted by atomic mass is 9.94. The smallest absolute Gasteiger partial charge is 0.0870 e. The molecular weight excluding hydrogens is 196 g/mol. The van der Waals surface area contributed by atoms with E-state index in [4.69, 9.17) is 4.74 Å². The van der Waals surface area contributed by atoms with Gasteiger partial charge in [0.15, 0.2) is 0 Å². The van der Waals surface area contributed by atoms with E-state index in [9.17, 15) is 0 Å². The molecule has 0 aromatic rings. The standard InChI is InChI=1S/C15H24O/c1-11-6-4-8-12(2)10-14-15(16-14)13(3)9-5-7-11/h4-5,7-8,11-15H,6,9-10H2,1-3H3/b7-5+,8-4+. The number of fused-ring (bicyclic) bond motifs is 1. The Morgan fingerprint density at radius 2 is 1.62 bits per heavy atom. The predicted molar refractivity (Wildman–Crippen MR) is 68.3 cm³/mol. The summed E-state index contributed by atoms with van der Waals surface area (Å²) in [6, 6.07) is 0. The highest BCUT2D eigenvalue weighted by molar-refractivity contribution is 5.00. The van der Waals surface area contributed by atoms with Gasteiger partial charge in [0.25, 0.3) is 0 Å². The summed E-state index contributed by atoms with van der Waals surface area (Å²) in [5.74, 6) is 2.02. The lowest BCUT2D eigenvalue weighted by Gasteiger charge is -2.09. The van der Waals surface area contributed by atoms with Gasteiger partial charge in [-0.15, -0.1) is 0 Å². The van der Waals surface area contributed by atoms with E-state index in [0.29, 0.717) is 30.0 Å². The third-order valence-corrected chi connectivity index (χ3v) is 3.73. The topological polar surface area (TPSA) is 12.5 Å². The maximum absolute atomic E-state index is 5.77. The van der Waals surface area contributed by atoms with Crippen LogP contribution < -0.4 is 0 Å². The second-order valence-electron chi connectivity index (χ2n) is 5.63. The van der Waals surface area contributed by atoms with Crippen molar-refractivity contribution in [3.05, 3.63) is 24.3 Å². The van der Waals surface area contributed by atoms with E-state index in [1.54, 1.807) is 0 Å². The average Bonchev–Trinajstić information content (AvgIpc) is 2.95. The summed E-state index contributed by atoms with van der Waals surface area (Å²) in [5, 5.41) is 0. The molecule has 16 heavy (non-hydrogen) atoms. The summed E-state index contributed by atoms with van der Waals surface area (Å²) in [6.07, 6.45) is 14.0. The first-order chi connectivity index (χ1) is 7.66. The number of rotatable bonds is 0. The van der Waals surface area contributed by atoms with Gasteiger partial charge in [0.1, 0.15) is 0 Å². The highest BCUT2D eigenvalue weighted by atomic mass is 16.6. The van der Waals surface area contributed by atoms with E-state index in [2.05, 4.69) is 45.1 Å². The minimum absolute atomic E-state index is 0.523. The van der Waals surface area contributed by atoms with Crippen molar-refractivity contribution in [2.75, 3.05) is 0 Å². The summed E-state index contributed by atoms with van der Waals surface area (Å²) >= 11 is 0. The van der Waals surface area contributed by atoms with Gasteiger partial charge < -0.3 is 4.74 Å². The molecule has 1 aliphatic carbocycles. The molecule has 1 aliphatic heterocycles. The maximum atomic E-state index is 5.77. The first kappa shape index (κ1) is 11.9. The van der Waals surface area contributed by atoms with Crippen molar-refractivity contribution in [3.63, 3.8) is 0 Å². The van der Waals surface area contributed by atoms with E-state index < -0.39 is 0 Å². The Bertz CT molecular complexity index is 279. The van der Waals surface area contributed by atoms with Crippen molar-refractivity contribution < 1.29 is 4.74 Å². The first-order valence-electron chi connectivity index (χ1n) is 6.65. The molecule has 1 nitrogen and oxygen atoms in total. The molecule has 1 saturated heterocycles. The van der Waals surface area contributed by atoms with E-state index in [-0.39, 0.29) is 0 Å². The Hall–Kier alpha value is -0.560. The Morgan fingerprint density at radius 3 is 2.44 bits per heavy atom. The summed E-state index contributed by atoms with van der Waals surface area (Å²) in [7, 11) is 0. The van der Waals surface area contributed by atoms with Gasteiger partial charge in [0.05, 0.1) is 12.2 Å². The number of epoxide rings is 1. The van der Waals surface area contributed by atoms with Gasteiger partial charge in [-0.3, -0.25) is 0 Å². The average molecular weight is 220 g/mol. The van der Waals surface area contributed by atoms with Crippen LogP contribution in [-0.4, -0.2) is 12.2 Å². The van der Waals surface area contributed by atoms with Gasteiger partial charge in [-0.25, -0.2) is 0 Å². The van der Waals surface area contributed by atoms with Crippen molar-refractivity contribution >= 4 is 0 Å². The summed E-state index contributed by atoms with van der Waals surface area (Å²) < 4.78 is 5.77. The van der Waals surface area contributed by atoms with Crippen LogP contribution in [0.25, 0.3) is 0 Å². The van der Waals surface area contributed by atoms with Crippen molar-refractivity contribution in [2.24, 2.45) is 17.8 Å². The molecule has 5 unspecified atom stereocenters. The van der Waals surface area contributed by atoms with E-state index >= 15 is 0 Å². The third-order valence-electron chi connectivity index (χ3n) is 3.73. The highest BCUT2D eigenvalue weighted by Gasteiger charge is 2.42. The number of ether oxygens (including phenoxy) is 1. The summed E-state index contributed by atoms with van der Waals surface area (Å²) in [4.78, 5) is 0. The summed E-state index contributed by atoms with van der Waals surface area (Å²) in [6.45, 7) is 6.90. The SMILES string of the molecule is CC1/C=C/CC(C)C2OC2CC(C)/C=C/C1. The molecule has 0 saturated carbocycles. The van der Waals surface area contributed by atoms with Crippen LogP contribution in [0.1, 0.15) is 40.0 Å². The zero-order chi connectivity index (χ0) is 11.5. The fourth-order valence-corrected chi connectivity index (χ4v) is 2.56. The van der Waals surface area contributed by atoms with Crippen LogP contribution in [0.5, 0.6) is 0 Å². The molecule has 0 amide bonds. The van der Waals surface area contributed by atoms with Crippen LogP contribution in [0, 0.1) is 17.8 Å². The van der Waals surface area contributed by atoms with Crippen molar-refractivity contribution in [2.45, 2.75) is 52.2 Å². The second-order valence-corrected chi connectivity index (χ2v) is 5.63. The number of hydrogen-bond donors (Lipinski definition) is 0. The molecule has 1 fully saturated rings. The fourth-order valence-electron chi connectivity index (χ4n) is 2.56. The van der Waals surface area contributed by atoms with E-state index in [1.807, 2.05) is 0 Å². The summed E-state index contributed by atoms with van der Waals surface area (Å²) in [5.41, 5.74) is 0. The van der Waals surface area contributed by atoms with Crippen molar-refractivity contribution in [3.8, 4) is 0 Å². The van der Waals surface area contributed by atoms with Crippen molar-refractivity contribution in [1.82, 2.24) is 0 Å². The molecule has 0 aromatic carbocycles. The number of allylic oxidation sites excluding steroid dienone is 4. The molecule has 90 valence electrons. The van der Waals surface area contributed by atoms with Crippen LogP contribution in [0.3, 0.4) is 0 Å². The van der Waals surface area contributed by atoms with Gasteiger partial charge in [-0.05, 0) is 37.0 Å². The predicted octanol–water partition coefficient (Wildman–Crippen LogP) is 3.96. The largest absolute Gasteiger partial charge is 0.369 e. The Balaban J connectivity index is 1.98. The molecule has 1 heteroatoms. The van der Waals surface area contributed by atoms with Crippen LogP contribution in [0.15, 0.2) is 24.3 Å². The van der Waals surface area contributed by atoms with E-state index in [0.717, 1.165) is 0 Å². The minimum Gasteiger partial charge on any atom is -0.369 e. The van der Waals surface area contributed by atoms with Crippen LogP contribution in [-0.2, 0) is 4.74 Å². The Kier molecular flexibility index (Phi) is 3.86. The Labute approximate surface area is 99.6 Å². The molecule has 0 aromatic heterocycles. The molecule has 5 atom stereocenters. The molecule has 0 bridgehead atoms. The minimum atomic E-state index is 0.523. The zero-order valence-electron chi connectivity index (χ0n) is 10.7. The third kappa shape index (κ3) is 3.21. The molecular formula is C15H24O.